The molecular formula is C18H22FN3O2S. The number of rotatable bonds is 7. The van der Waals surface area contributed by atoms with E-state index in [1.54, 1.807) is 6.20 Å². The molecule has 134 valence electrons. The van der Waals surface area contributed by atoms with Gasteiger partial charge in [-0.05, 0) is 43.5 Å². The molecule has 0 aliphatic rings. The smallest absolute Gasteiger partial charge is 0.254 e. The van der Waals surface area contributed by atoms with Crippen molar-refractivity contribution in [2.45, 2.75) is 27.2 Å². The highest BCUT2D eigenvalue weighted by atomic mass is 32.1. The van der Waals surface area contributed by atoms with Crippen LogP contribution in [0.4, 0.5) is 9.52 Å². The Labute approximate surface area is 150 Å². The van der Waals surface area contributed by atoms with Crippen molar-refractivity contribution in [2.24, 2.45) is 5.92 Å². The predicted molar refractivity (Wildman–Crippen MR) is 97.2 cm³/mol. The van der Waals surface area contributed by atoms with Crippen LogP contribution in [0.25, 0.3) is 0 Å². The monoisotopic (exact) mass is 363 g/mol. The molecule has 5 nitrogen and oxygen atoms in total. The molecule has 1 aromatic carbocycles. The van der Waals surface area contributed by atoms with E-state index in [9.17, 15) is 14.0 Å². The van der Waals surface area contributed by atoms with Crippen LogP contribution in [-0.2, 0) is 4.79 Å². The minimum atomic E-state index is -0.401. The van der Waals surface area contributed by atoms with Gasteiger partial charge in [-0.1, -0.05) is 13.8 Å². The van der Waals surface area contributed by atoms with Gasteiger partial charge in [0.15, 0.2) is 5.13 Å². The van der Waals surface area contributed by atoms with Crippen molar-refractivity contribution in [1.82, 2.24) is 9.88 Å². The molecule has 0 aliphatic carbocycles. The van der Waals surface area contributed by atoms with E-state index in [-0.39, 0.29) is 18.4 Å². The van der Waals surface area contributed by atoms with E-state index in [1.807, 2.05) is 6.92 Å². The third-order valence-corrected chi connectivity index (χ3v) is 4.39. The standard InChI is InChI=1S/C18H22FN3O2S/c1-12(2)8-9-22(17(24)14-4-6-15(19)7-5-14)11-16(23)21-18-20-10-13(3)25-18/h4-7,10,12H,8-9,11H2,1-3H3,(H,20,21,23). The van der Waals surface area contributed by atoms with E-state index in [0.29, 0.717) is 23.2 Å². The summed E-state index contributed by atoms with van der Waals surface area (Å²) in [5.74, 6) is -0.588. The molecule has 0 radical (unpaired) electrons. The van der Waals surface area contributed by atoms with E-state index in [2.05, 4.69) is 24.1 Å². The van der Waals surface area contributed by atoms with E-state index in [1.165, 1.54) is 40.5 Å². The van der Waals surface area contributed by atoms with Crippen LogP contribution in [0, 0.1) is 18.7 Å². The average Bonchev–Trinajstić information content (AvgIpc) is 2.96. The van der Waals surface area contributed by atoms with Gasteiger partial charge in [-0.15, -0.1) is 11.3 Å². The maximum atomic E-state index is 13.1. The van der Waals surface area contributed by atoms with Gasteiger partial charge in [0.2, 0.25) is 5.91 Å². The van der Waals surface area contributed by atoms with Gasteiger partial charge < -0.3 is 10.2 Å². The number of halogens is 1. The summed E-state index contributed by atoms with van der Waals surface area (Å²) in [6.07, 6.45) is 2.46. The summed E-state index contributed by atoms with van der Waals surface area (Å²) in [7, 11) is 0. The van der Waals surface area contributed by atoms with E-state index >= 15 is 0 Å². The molecule has 0 fully saturated rings. The number of thiazole rings is 1. The first-order chi connectivity index (χ1) is 11.8. The lowest BCUT2D eigenvalue weighted by molar-refractivity contribution is -0.116. The third kappa shape index (κ3) is 5.94. The molecule has 0 saturated heterocycles. The number of nitrogens with one attached hydrogen (secondary N) is 1. The molecule has 7 heteroatoms. The number of hydrogen-bond acceptors (Lipinski definition) is 4. The lowest BCUT2D eigenvalue weighted by Gasteiger charge is -2.23. The van der Waals surface area contributed by atoms with Crippen LogP contribution in [-0.4, -0.2) is 34.8 Å². The summed E-state index contributed by atoms with van der Waals surface area (Å²) in [5, 5.41) is 3.23. The highest BCUT2D eigenvalue weighted by Gasteiger charge is 2.19. The molecule has 0 aliphatic heterocycles. The van der Waals surface area contributed by atoms with Crippen LogP contribution in [0.1, 0.15) is 35.5 Å². The van der Waals surface area contributed by atoms with E-state index in [0.717, 1.165) is 11.3 Å². The summed E-state index contributed by atoms with van der Waals surface area (Å²) in [4.78, 5) is 31.5. The van der Waals surface area contributed by atoms with Gasteiger partial charge in [-0.3, -0.25) is 9.59 Å². The molecule has 0 spiro atoms. The first kappa shape index (κ1) is 19.1. The highest BCUT2D eigenvalue weighted by Crippen LogP contribution is 2.16. The lowest BCUT2D eigenvalue weighted by atomic mass is 10.1. The SMILES string of the molecule is Cc1cnc(NC(=O)CN(CCC(C)C)C(=O)c2ccc(F)cc2)s1. The van der Waals surface area contributed by atoms with Gasteiger partial charge in [0, 0.05) is 23.2 Å². The largest absolute Gasteiger partial charge is 0.329 e. The molecule has 2 aromatic rings. The quantitative estimate of drug-likeness (QED) is 0.815. The number of aromatic nitrogens is 1. The topological polar surface area (TPSA) is 62.3 Å². The van der Waals surface area contributed by atoms with Gasteiger partial charge in [-0.2, -0.15) is 0 Å². The second-order valence-electron chi connectivity index (χ2n) is 6.24. The number of carbonyl (C=O) groups excluding carboxylic acids is 2. The summed E-state index contributed by atoms with van der Waals surface area (Å²) in [6, 6.07) is 5.35. The van der Waals surface area contributed by atoms with Crippen LogP contribution in [0.5, 0.6) is 0 Å². The average molecular weight is 363 g/mol. The number of benzene rings is 1. The Morgan fingerprint density at radius 3 is 2.52 bits per heavy atom. The zero-order valence-corrected chi connectivity index (χ0v) is 15.4. The van der Waals surface area contributed by atoms with Gasteiger partial charge in [0.25, 0.3) is 5.91 Å². The van der Waals surface area contributed by atoms with Gasteiger partial charge in [0.1, 0.15) is 12.4 Å². The molecule has 1 aromatic heterocycles. The summed E-state index contributed by atoms with van der Waals surface area (Å²) >= 11 is 1.38. The fourth-order valence-electron chi connectivity index (χ4n) is 2.19. The molecule has 1 N–H and O–H groups in total. The Morgan fingerprint density at radius 2 is 1.96 bits per heavy atom. The fraction of sp³-hybridized carbons (Fsp3) is 0.389. The van der Waals surface area contributed by atoms with Gasteiger partial charge in [-0.25, -0.2) is 9.37 Å². The van der Waals surface area contributed by atoms with Crippen molar-refractivity contribution < 1.29 is 14.0 Å². The van der Waals surface area contributed by atoms with Gasteiger partial charge in [0.05, 0.1) is 0 Å². The Kier molecular flexibility index (Phi) is 6.64. The van der Waals surface area contributed by atoms with Crippen LogP contribution < -0.4 is 5.32 Å². The van der Waals surface area contributed by atoms with Crippen LogP contribution in [0.2, 0.25) is 0 Å². The Balaban J connectivity index is 2.07. The molecular weight excluding hydrogens is 341 g/mol. The maximum absolute atomic E-state index is 13.1. The Morgan fingerprint density at radius 1 is 1.28 bits per heavy atom. The van der Waals surface area contributed by atoms with Crippen LogP contribution >= 0.6 is 11.3 Å². The van der Waals surface area contributed by atoms with Crippen LogP contribution in [0.3, 0.4) is 0 Å². The fourth-order valence-corrected chi connectivity index (χ4v) is 2.87. The zero-order valence-electron chi connectivity index (χ0n) is 14.6. The maximum Gasteiger partial charge on any atom is 0.254 e. The summed E-state index contributed by atoms with van der Waals surface area (Å²) < 4.78 is 13.1. The second-order valence-corrected chi connectivity index (χ2v) is 7.48. The number of aryl methyl sites for hydroxylation is 1. The van der Waals surface area contributed by atoms with E-state index in [4.69, 9.17) is 0 Å². The zero-order chi connectivity index (χ0) is 18.4. The molecule has 0 unspecified atom stereocenters. The van der Waals surface area contributed by atoms with Crippen molar-refractivity contribution >= 4 is 28.3 Å². The van der Waals surface area contributed by atoms with Crippen molar-refractivity contribution in [3.05, 3.63) is 46.7 Å². The summed E-state index contributed by atoms with van der Waals surface area (Å²) in [5.41, 5.74) is 0.364. The minimum Gasteiger partial charge on any atom is -0.329 e. The molecule has 0 saturated carbocycles. The molecule has 0 atom stereocenters. The molecule has 2 amide bonds. The minimum absolute atomic E-state index is 0.0679. The predicted octanol–water partition coefficient (Wildman–Crippen LogP) is 3.72. The van der Waals surface area contributed by atoms with Crippen molar-refractivity contribution in [3.8, 4) is 0 Å². The van der Waals surface area contributed by atoms with Crippen molar-refractivity contribution in [2.75, 3.05) is 18.4 Å². The van der Waals surface area contributed by atoms with Crippen molar-refractivity contribution in [3.63, 3.8) is 0 Å². The first-order valence-electron chi connectivity index (χ1n) is 8.12. The second kappa shape index (κ2) is 8.71. The number of hydrogen-bond donors (Lipinski definition) is 1. The number of nitrogens with zero attached hydrogens (tertiary/aromatic N) is 2. The normalized spacial score (nSPS) is 10.8. The van der Waals surface area contributed by atoms with Gasteiger partial charge >= 0.3 is 0 Å². The molecule has 2 rings (SSSR count). The molecule has 25 heavy (non-hydrogen) atoms. The number of carbonyl (C=O) groups is 2. The Hall–Kier alpha value is -2.28. The number of anilines is 1. The lowest BCUT2D eigenvalue weighted by Crippen LogP contribution is -2.39. The first-order valence-corrected chi connectivity index (χ1v) is 8.94. The Bertz CT molecular complexity index is 728. The summed E-state index contributed by atoms with van der Waals surface area (Å²) in [6.45, 7) is 6.40. The highest BCUT2D eigenvalue weighted by molar-refractivity contribution is 7.15. The molecule has 0 bridgehead atoms. The third-order valence-electron chi connectivity index (χ3n) is 3.56. The van der Waals surface area contributed by atoms with Crippen molar-refractivity contribution in [1.29, 1.82) is 0 Å². The van der Waals surface area contributed by atoms with Crippen LogP contribution in [0.15, 0.2) is 30.5 Å². The molecule has 1 heterocycles. The number of amides is 2. The van der Waals surface area contributed by atoms with E-state index < -0.39 is 5.82 Å².